The molecule has 190 valence electrons. The van der Waals surface area contributed by atoms with E-state index in [0.29, 0.717) is 18.5 Å². The summed E-state index contributed by atoms with van der Waals surface area (Å²) in [6, 6.07) is 7.07. The fraction of sp³-hybridized carbons (Fsp3) is 0.478. The Labute approximate surface area is 209 Å². The van der Waals surface area contributed by atoms with Gasteiger partial charge in [-0.3, -0.25) is 23.9 Å². The average molecular weight is 553 g/mol. The largest absolute Gasteiger partial charge is 0.394 e. The van der Waals surface area contributed by atoms with E-state index < -0.39 is 36.3 Å². The number of carbonyl (C=O) groups excluding carboxylic acids is 2. The molecule has 0 bridgehead atoms. The van der Waals surface area contributed by atoms with E-state index in [1.54, 1.807) is 24.3 Å². The van der Waals surface area contributed by atoms with Gasteiger partial charge in [-0.1, -0.05) is 22.4 Å². The van der Waals surface area contributed by atoms with E-state index in [2.05, 4.69) is 31.5 Å². The van der Waals surface area contributed by atoms with Crippen LogP contribution in [0.2, 0.25) is 0 Å². The number of hydrogen-bond acceptors (Lipinski definition) is 7. The lowest BCUT2D eigenvalue weighted by atomic mass is 10.1. The number of H-pyrrole nitrogens is 1. The minimum atomic E-state index is -0.930. The number of aliphatic hydroxyl groups is 2. The van der Waals surface area contributed by atoms with Crippen molar-refractivity contribution in [2.45, 2.75) is 57.1 Å². The Hall–Kier alpha value is -2.80. The average Bonchev–Trinajstić information content (AvgIpc) is 3.21. The van der Waals surface area contributed by atoms with E-state index in [9.17, 15) is 29.4 Å². The molecule has 11 nitrogen and oxygen atoms in total. The number of benzene rings is 1. The minimum Gasteiger partial charge on any atom is -0.394 e. The number of amides is 2. The van der Waals surface area contributed by atoms with Crippen LogP contribution in [0, 0.1) is 0 Å². The normalized spacial score (nSPS) is 19.5. The van der Waals surface area contributed by atoms with Gasteiger partial charge in [0.05, 0.1) is 18.3 Å². The van der Waals surface area contributed by atoms with E-state index in [1.165, 1.54) is 6.20 Å². The van der Waals surface area contributed by atoms with E-state index in [4.69, 9.17) is 4.74 Å². The molecule has 1 aliphatic heterocycles. The lowest BCUT2D eigenvalue weighted by Gasteiger charge is -2.15. The Morgan fingerprint density at radius 2 is 1.89 bits per heavy atom. The summed E-state index contributed by atoms with van der Waals surface area (Å²) in [6.45, 7) is 0.0369. The van der Waals surface area contributed by atoms with E-state index in [0.717, 1.165) is 21.9 Å². The first kappa shape index (κ1) is 26.8. The molecule has 0 radical (unpaired) electrons. The van der Waals surface area contributed by atoms with Gasteiger partial charge in [0.1, 0.15) is 12.3 Å². The zero-order chi connectivity index (χ0) is 25.4. The van der Waals surface area contributed by atoms with Crippen LogP contribution in [0.3, 0.4) is 0 Å². The molecule has 1 aliphatic rings. The van der Waals surface area contributed by atoms with Gasteiger partial charge < -0.3 is 25.6 Å². The second-order valence-electron chi connectivity index (χ2n) is 8.29. The Morgan fingerprint density at radius 3 is 2.57 bits per heavy atom. The molecule has 1 fully saturated rings. The first-order chi connectivity index (χ1) is 16.8. The van der Waals surface area contributed by atoms with Crippen LogP contribution in [0.25, 0.3) is 0 Å². The van der Waals surface area contributed by atoms with Gasteiger partial charge in [0.15, 0.2) is 0 Å². The predicted octanol–water partition coefficient (Wildman–Crippen LogP) is 0.546. The Bertz CT molecular complexity index is 1130. The number of carbonyl (C=O) groups is 2. The SMILES string of the molecule is O=C(CCCCCNC(=O)c1ccc(Br)cc1)NCc1cn([C@H]2C[C@H](O)[C@@H](CO)O2)c(=O)[nH]c1=O. The van der Waals surface area contributed by atoms with Crippen molar-refractivity contribution in [1.29, 1.82) is 0 Å². The number of aromatic amines is 1. The second-order valence-corrected chi connectivity index (χ2v) is 9.20. The summed E-state index contributed by atoms with van der Waals surface area (Å²) in [5.74, 6) is -0.389. The number of rotatable bonds is 11. The van der Waals surface area contributed by atoms with Gasteiger partial charge in [-0.2, -0.15) is 0 Å². The highest BCUT2D eigenvalue weighted by atomic mass is 79.9. The summed E-state index contributed by atoms with van der Waals surface area (Å²) < 4.78 is 7.51. The van der Waals surface area contributed by atoms with Gasteiger partial charge in [0.25, 0.3) is 11.5 Å². The summed E-state index contributed by atoms with van der Waals surface area (Å²) >= 11 is 3.33. The van der Waals surface area contributed by atoms with Crippen LogP contribution in [0.4, 0.5) is 0 Å². The standard InChI is InChI=1S/C23H29BrN4O7/c24-16-7-5-14(6-8-16)21(32)25-9-3-1-2-4-19(31)26-11-15-12-28(23(34)27-22(15)33)20-10-17(30)18(13-29)35-20/h5-8,12,17-18,20,29-30H,1-4,9-11,13H2,(H,25,32)(H,26,31)(H,27,33,34)/t17-,18+,20+/m0/s1. The van der Waals surface area contributed by atoms with Crippen molar-refractivity contribution < 1.29 is 24.5 Å². The van der Waals surface area contributed by atoms with Crippen molar-refractivity contribution in [3.8, 4) is 0 Å². The number of ether oxygens (including phenoxy) is 1. The summed E-state index contributed by atoms with van der Waals surface area (Å²) in [6.07, 6.45) is 1.16. The summed E-state index contributed by atoms with van der Waals surface area (Å²) in [7, 11) is 0. The van der Waals surface area contributed by atoms with Crippen molar-refractivity contribution in [1.82, 2.24) is 20.2 Å². The molecule has 0 aliphatic carbocycles. The fourth-order valence-corrected chi connectivity index (χ4v) is 3.96. The molecule has 3 atom stereocenters. The number of hydrogen-bond donors (Lipinski definition) is 5. The second kappa shape index (κ2) is 12.8. The first-order valence-electron chi connectivity index (χ1n) is 11.4. The highest BCUT2D eigenvalue weighted by molar-refractivity contribution is 9.10. The highest BCUT2D eigenvalue weighted by Crippen LogP contribution is 2.27. The van der Waals surface area contributed by atoms with E-state index in [-0.39, 0.29) is 36.8 Å². The lowest BCUT2D eigenvalue weighted by Crippen LogP contribution is -2.36. The zero-order valence-electron chi connectivity index (χ0n) is 19.0. The Balaban J connectivity index is 1.39. The smallest absolute Gasteiger partial charge is 0.330 e. The van der Waals surface area contributed by atoms with Crippen molar-refractivity contribution in [3.63, 3.8) is 0 Å². The van der Waals surface area contributed by atoms with Crippen LogP contribution < -0.4 is 21.9 Å². The minimum absolute atomic E-state index is 0.0730. The number of unbranched alkanes of at least 4 members (excludes halogenated alkanes) is 2. The molecule has 1 aromatic heterocycles. The number of aliphatic hydroxyl groups excluding tert-OH is 2. The molecular formula is C23H29BrN4O7. The van der Waals surface area contributed by atoms with Crippen molar-refractivity contribution >= 4 is 27.7 Å². The van der Waals surface area contributed by atoms with Crippen molar-refractivity contribution in [2.75, 3.05) is 13.2 Å². The molecular weight excluding hydrogens is 524 g/mol. The monoisotopic (exact) mass is 552 g/mol. The molecule has 0 unspecified atom stereocenters. The molecule has 1 saturated heterocycles. The van der Waals surface area contributed by atoms with Gasteiger partial charge in [-0.15, -0.1) is 0 Å². The molecule has 2 aromatic rings. The van der Waals surface area contributed by atoms with Crippen LogP contribution in [-0.2, 0) is 16.1 Å². The van der Waals surface area contributed by atoms with Gasteiger partial charge in [0.2, 0.25) is 5.91 Å². The number of aromatic nitrogens is 2. The van der Waals surface area contributed by atoms with Crippen molar-refractivity contribution in [2.24, 2.45) is 0 Å². The third-order valence-corrected chi connectivity index (χ3v) is 6.21. The summed E-state index contributed by atoms with van der Waals surface area (Å²) in [5, 5.41) is 24.6. The zero-order valence-corrected chi connectivity index (χ0v) is 20.6. The van der Waals surface area contributed by atoms with Crippen LogP contribution >= 0.6 is 15.9 Å². The lowest BCUT2D eigenvalue weighted by molar-refractivity contribution is -0.121. The third-order valence-electron chi connectivity index (χ3n) is 5.68. The maximum Gasteiger partial charge on any atom is 0.330 e. The Kier molecular flexibility index (Phi) is 9.78. The quantitative estimate of drug-likeness (QED) is 0.254. The number of halogens is 1. The molecule has 12 heteroatoms. The maximum absolute atomic E-state index is 12.2. The molecule has 5 N–H and O–H groups in total. The molecule has 1 aromatic carbocycles. The molecule has 2 heterocycles. The topological polar surface area (TPSA) is 163 Å². The van der Waals surface area contributed by atoms with Gasteiger partial charge in [-0.05, 0) is 37.1 Å². The fourth-order valence-electron chi connectivity index (χ4n) is 3.69. The number of nitrogens with one attached hydrogen (secondary N) is 3. The molecule has 2 amide bonds. The van der Waals surface area contributed by atoms with Gasteiger partial charge in [-0.25, -0.2) is 4.79 Å². The predicted molar refractivity (Wildman–Crippen MR) is 130 cm³/mol. The summed E-state index contributed by atoms with van der Waals surface area (Å²) in [5.41, 5.74) is -0.574. The highest BCUT2D eigenvalue weighted by Gasteiger charge is 2.35. The Morgan fingerprint density at radius 1 is 1.14 bits per heavy atom. The van der Waals surface area contributed by atoms with Gasteiger partial charge in [0, 0.05) is 42.2 Å². The van der Waals surface area contributed by atoms with E-state index in [1.807, 2.05) is 0 Å². The number of nitrogens with zero attached hydrogens (tertiary/aromatic N) is 1. The van der Waals surface area contributed by atoms with Gasteiger partial charge >= 0.3 is 5.69 Å². The molecule has 35 heavy (non-hydrogen) atoms. The van der Waals surface area contributed by atoms with Crippen LogP contribution in [0.5, 0.6) is 0 Å². The van der Waals surface area contributed by atoms with Crippen LogP contribution in [0.1, 0.15) is 54.3 Å². The molecule has 0 saturated carbocycles. The third kappa shape index (κ3) is 7.59. The molecule has 3 rings (SSSR count). The van der Waals surface area contributed by atoms with Crippen molar-refractivity contribution in [3.05, 3.63) is 66.9 Å². The van der Waals surface area contributed by atoms with Crippen LogP contribution in [-0.4, -0.2) is 56.9 Å². The first-order valence-corrected chi connectivity index (χ1v) is 12.2. The van der Waals surface area contributed by atoms with E-state index >= 15 is 0 Å². The maximum atomic E-state index is 12.2. The summed E-state index contributed by atoms with van der Waals surface area (Å²) in [4.78, 5) is 50.7. The molecule has 0 spiro atoms. The van der Waals surface area contributed by atoms with Crippen LogP contribution in [0.15, 0.2) is 44.5 Å².